The van der Waals surface area contributed by atoms with Gasteiger partial charge in [-0.2, -0.15) is 0 Å². The first kappa shape index (κ1) is 17.5. The smallest absolute Gasteiger partial charge is 0.226 e. The van der Waals surface area contributed by atoms with E-state index in [4.69, 9.17) is 14.0 Å². The van der Waals surface area contributed by atoms with Crippen LogP contribution in [-0.2, 0) is 27.3 Å². The van der Waals surface area contributed by atoms with Crippen LogP contribution >= 0.6 is 0 Å². The Morgan fingerprint density at radius 2 is 2.28 bits per heavy atom. The number of amides is 1. The minimum atomic E-state index is -0.196. The van der Waals surface area contributed by atoms with Crippen molar-refractivity contribution < 1.29 is 18.8 Å². The van der Waals surface area contributed by atoms with Crippen LogP contribution in [0.15, 0.2) is 23.1 Å². The first-order valence-electron chi connectivity index (χ1n) is 8.29. The van der Waals surface area contributed by atoms with Gasteiger partial charge in [0, 0.05) is 30.8 Å². The molecule has 2 atom stereocenters. The third-order valence-electron chi connectivity index (χ3n) is 4.22. The predicted octanol–water partition coefficient (Wildman–Crippen LogP) is 1.11. The van der Waals surface area contributed by atoms with Gasteiger partial charge < -0.3 is 19.3 Å². The van der Waals surface area contributed by atoms with Gasteiger partial charge in [0.1, 0.15) is 5.76 Å². The van der Waals surface area contributed by atoms with Gasteiger partial charge in [-0.15, -0.1) is 0 Å². The zero-order valence-corrected chi connectivity index (χ0v) is 14.4. The number of carbonyl (C=O) groups excluding carboxylic acids is 1. The van der Waals surface area contributed by atoms with Crippen LogP contribution in [0.1, 0.15) is 29.1 Å². The average molecular weight is 346 g/mol. The molecule has 134 valence electrons. The molecule has 3 heterocycles. The van der Waals surface area contributed by atoms with Gasteiger partial charge in [-0.1, -0.05) is 5.16 Å². The van der Waals surface area contributed by atoms with Gasteiger partial charge in [0.25, 0.3) is 0 Å². The molecule has 1 aliphatic heterocycles. The fourth-order valence-electron chi connectivity index (χ4n) is 2.79. The molecule has 0 saturated carbocycles. The normalized spacial score (nSPS) is 20.4. The van der Waals surface area contributed by atoms with Crippen molar-refractivity contribution in [1.82, 2.24) is 20.4 Å². The van der Waals surface area contributed by atoms with Crippen molar-refractivity contribution in [2.45, 2.75) is 45.4 Å². The van der Waals surface area contributed by atoms with Crippen LogP contribution in [0.3, 0.4) is 0 Å². The molecule has 2 aromatic rings. The van der Waals surface area contributed by atoms with Crippen LogP contribution in [0.2, 0.25) is 0 Å². The second-order valence-electron chi connectivity index (χ2n) is 6.06. The zero-order chi connectivity index (χ0) is 17.6. The number of carbonyl (C=O) groups is 1. The maximum atomic E-state index is 12.3. The molecule has 8 nitrogen and oxygen atoms in total. The molecule has 1 amide bonds. The van der Waals surface area contributed by atoms with Crippen molar-refractivity contribution in [1.29, 1.82) is 0 Å². The van der Waals surface area contributed by atoms with Crippen LogP contribution in [0, 0.1) is 13.8 Å². The molecule has 0 unspecified atom stereocenters. The van der Waals surface area contributed by atoms with Gasteiger partial charge >= 0.3 is 0 Å². The van der Waals surface area contributed by atoms with Crippen molar-refractivity contribution in [3.63, 3.8) is 0 Å². The van der Waals surface area contributed by atoms with Crippen molar-refractivity contribution in [2.75, 3.05) is 13.2 Å². The van der Waals surface area contributed by atoms with Gasteiger partial charge in [0.05, 0.1) is 43.2 Å². The van der Waals surface area contributed by atoms with Crippen molar-refractivity contribution >= 4 is 5.91 Å². The number of aryl methyl sites for hydroxylation is 2. The highest BCUT2D eigenvalue weighted by molar-refractivity contribution is 5.78. The molecule has 1 N–H and O–H groups in total. The van der Waals surface area contributed by atoms with Crippen LogP contribution < -0.4 is 5.32 Å². The topological polar surface area (TPSA) is 99.4 Å². The Morgan fingerprint density at radius 1 is 1.40 bits per heavy atom. The number of nitrogens with one attached hydrogen (secondary N) is 1. The molecular formula is C17H22N4O4. The summed E-state index contributed by atoms with van der Waals surface area (Å²) in [6, 6.07) is -0.196. The molecule has 0 bridgehead atoms. The van der Waals surface area contributed by atoms with E-state index in [1.807, 2.05) is 13.8 Å². The average Bonchev–Trinajstić information content (AvgIpc) is 2.93. The summed E-state index contributed by atoms with van der Waals surface area (Å²) < 4.78 is 16.7. The Morgan fingerprint density at radius 3 is 3.00 bits per heavy atom. The standard InChI is InChI=1S/C17H22N4O4/c1-11-14(12(2)25-21-11)9-24-16-3-6-23-10-15(16)20-17(22)7-13-8-18-4-5-19-13/h4-5,8,15-16H,3,6-7,9-10H2,1-2H3,(H,20,22)/t15-,16+/m1/s1. The second-order valence-corrected chi connectivity index (χ2v) is 6.06. The maximum absolute atomic E-state index is 12.3. The third kappa shape index (κ3) is 4.61. The molecule has 8 heteroatoms. The molecule has 1 aliphatic rings. The molecular weight excluding hydrogens is 324 g/mol. The fourth-order valence-corrected chi connectivity index (χ4v) is 2.79. The van der Waals surface area contributed by atoms with Gasteiger partial charge in [-0.05, 0) is 20.3 Å². The third-order valence-corrected chi connectivity index (χ3v) is 4.22. The minimum absolute atomic E-state index is 0.117. The van der Waals surface area contributed by atoms with E-state index in [9.17, 15) is 4.79 Å². The second kappa shape index (κ2) is 8.17. The lowest BCUT2D eigenvalue weighted by Gasteiger charge is -2.32. The summed E-state index contributed by atoms with van der Waals surface area (Å²) in [7, 11) is 0. The lowest BCUT2D eigenvalue weighted by Crippen LogP contribution is -2.51. The highest BCUT2D eigenvalue weighted by Gasteiger charge is 2.28. The Labute approximate surface area is 145 Å². The number of ether oxygens (including phenoxy) is 2. The van der Waals surface area contributed by atoms with E-state index in [1.54, 1.807) is 18.6 Å². The minimum Gasteiger partial charge on any atom is -0.379 e. The fraction of sp³-hybridized carbons (Fsp3) is 0.529. The Balaban J connectivity index is 1.56. The summed E-state index contributed by atoms with van der Waals surface area (Å²) in [5.74, 6) is 0.634. The largest absolute Gasteiger partial charge is 0.379 e. The Bertz CT molecular complexity index is 684. The quantitative estimate of drug-likeness (QED) is 0.836. The number of aromatic nitrogens is 3. The summed E-state index contributed by atoms with van der Waals surface area (Å²) in [6.07, 6.45) is 5.52. The van der Waals surface area contributed by atoms with E-state index < -0.39 is 0 Å². The molecule has 0 aliphatic carbocycles. The van der Waals surface area contributed by atoms with Crippen molar-refractivity contribution in [2.24, 2.45) is 0 Å². The van der Waals surface area contributed by atoms with Gasteiger partial charge in [0.15, 0.2) is 0 Å². The summed E-state index contributed by atoms with van der Waals surface area (Å²) in [5.41, 5.74) is 2.41. The zero-order valence-electron chi connectivity index (χ0n) is 14.4. The summed E-state index contributed by atoms with van der Waals surface area (Å²) in [5, 5.41) is 6.91. The van der Waals surface area contributed by atoms with E-state index >= 15 is 0 Å². The monoisotopic (exact) mass is 346 g/mol. The van der Waals surface area contributed by atoms with E-state index in [1.165, 1.54) is 0 Å². The van der Waals surface area contributed by atoms with E-state index in [2.05, 4.69) is 20.4 Å². The Kier molecular flexibility index (Phi) is 5.72. The Hall–Kier alpha value is -2.32. The number of nitrogens with zero attached hydrogens (tertiary/aromatic N) is 3. The summed E-state index contributed by atoms with van der Waals surface area (Å²) in [4.78, 5) is 20.3. The highest BCUT2D eigenvalue weighted by Crippen LogP contribution is 2.18. The van der Waals surface area contributed by atoms with Gasteiger partial charge in [-0.25, -0.2) is 0 Å². The van der Waals surface area contributed by atoms with Gasteiger partial charge in [0.2, 0.25) is 5.91 Å². The number of rotatable bonds is 6. The molecule has 3 rings (SSSR count). The maximum Gasteiger partial charge on any atom is 0.226 e. The van der Waals surface area contributed by atoms with Crippen LogP contribution in [-0.4, -0.2) is 46.4 Å². The van der Waals surface area contributed by atoms with Crippen LogP contribution in [0.5, 0.6) is 0 Å². The first-order chi connectivity index (χ1) is 12.1. The predicted molar refractivity (Wildman–Crippen MR) is 87.7 cm³/mol. The SMILES string of the molecule is Cc1noc(C)c1CO[C@H]1CCOC[C@H]1NC(=O)Cc1cnccn1. The first-order valence-corrected chi connectivity index (χ1v) is 8.29. The molecule has 0 radical (unpaired) electrons. The van der Waals surface area contributed by atoms with Crippen molar-refractivity contribution in [3.8, 4) is 0 Å². The molecule has 0 aromatic carbocycles. The molecule has 1 saturated heterocycles. The molecule has 1 fully saturated rings. The summed E-state index contributed by atoms with van der Waals surface area (Å²) >= 11 is 0. The van der Waals surface area contributed by atoms with Gasteiger partial charge in [-0.3, -0.25) is 14.8 Å². The molecule has 2 aromatic heterocycles. The highest BCUT2D eigenvalue weighted by atomic mass is 16.5. The summed E-state index contributed by atoms with van der Waals surface area (Å²) in [6.45, 7) is 5.20. The van der Waals surface area contributed by atoms with Crippen LogP contribution in [0.4, 0.5) is 0 Å². The molecule has 25 heavy (non-hydrogen) atoms. The molecule has 0 spiro atoms. The van der Waals surface area contributed by atoms with Crippen LogP contribution in [0.25, 0.3) is 0 Å². The van der Waals surface area contributed by atoms with E-state index in [0.717, 1.165) is 23.4 Å². The van der Waals surface area contributed by atoms with Crippen molar-refractivity contribution in [3.05, 3.63) is 41.3 Å². The number of hydrogen-bond donors (Lipinski definition) is 1. The lowest BCUT2D eigenvalue weighted by atomic mass is 10.1. The van der Waals surface area contributed by atoms with E-state index in [0.29, 0.717) is 25.5 Å². The number of hydrogen-bond acceptors (Lipinski definition) is 7. The lowest BCUT2D eigenvalue weighted by molar-refractivity contribution is -0.126. The van der Waals surface area contributed by atoms with E-state index in [-0.39, 0.29) is 24.5 Å².